The molecule has 0 aliphatic heterocycles. The van der Waals surface area contributed by atoms with Gasteiger partial charge in [-0.2, -0.15) is 0 Å². The molecule has 0 atom stereocenters. The summed E-state index contributed by atoms with van der Waals surface area (Å²) in [7, 11) is 1.39. The summed E-state index contributed by atoms with van der Waals surface area (Å²) in [6.07, 6.45) is 0.0853. The first kappa shape index (κ1) is 14.3. The van der Waals surface area contributed by atoms with Crippen molar-refractivity contribution in [1.29, 1.82) is 0 Å². The van der Waals surface area contributed by atoms with E-state index in [2.05, 4.69) is 0 Å². The van der Waals surface area contributed by atoms with Crippen LogP contribution in [0.4, 0.5) is 10.1 Å². The van der Waals surface area contributed by atoms with E-state index in [1.54, 1.807) is 18.2 Å². The maximum atomic E-state index is 13.5. The van der Waals surface area contributed by atoms with Gasteiger partial charge in [-0.3, -0.25) is 4.79 Å². The molecule has 3 nitrogen and oxygen atoms in total. The zero-order valence-corrected chi connectivity index (χ0v) is 11.6. The van der Waals surface area contributed by atoms with Gasteiger partial charge in [-0.15, -0.1) is 0 Å². The lowest BCUT2D eigenvalue weighted by atomic mass is 10.0. The SMILES string of the molecule is COc1ccc(CC(=O)c2ccc(Cl)c(N)c2)cc1F. The predicted octanol–water partition coefficient (Wildman–Crippen LogP) is 3.50. The molecular formula is C15H13ClFNO2. The van der Waals surface area contributed by atoms with Crippen molar-refractivity contribution in [3.05, 3.63) is 58.4 Å². The van der Waals surface area contributed by atoms with E-state index < -0.39 is 5.82 Å². The number of methoxy groups -OCH3 is 1. The molecule has 0 spiro atoms. The normalized spacial score (nSPS) is 10.3. The number of benzene rings is 2. The van der Waals surface area contributed by atoms with Gasteiger partial charge in [0.05, 0.1) is 17.8 Å². The van der Waals surface area contributed by atoms with Crippen LogP contribution < -0.4 is 10.5 Å². The van der Waals surface area contributed by atoms with Gasteiger partial charge in [0.15, 0.2) is 17.3 Å². The molecule has 2 aromatic carbocycles. The molecule has 0 bridgehead atoms. The Hall–Kier alpha value is -2.07. The highest BCUT2D eigenvalue weighted by molar-refractivity contribution is 6.33. The van der Waals surface area contributed by atoms with Crippen LogP contribution >= 0.6 is 11.6 Å². The monoisotopic (exact) mass is 293 g/mol. The molecule has 0 aliphatic rings. The summed E-state index contributed by atoms with van der Waals surface area (Å²) >= 11 is 5.80. The summed E-state index contributed by atoms with van der Waals surface area (Å²) in [6.45, 7) is 0. The van der Waals surface area contributed by atoms with Crippen LogP contribution in [0.5, 0.6) is 5.75 Å². The van der Waals surface area contributed by atoms with E-state index in [0.29, 0.717) is 21.8 Å². The second-order valence-corrected chi connectivity index (χ2v) is 4.71. The first-order chi connectivity index (χ1) is 9.51. The lowest BCUT2D eigenvalue weighted by molar-refractivity contribution is 0.0993. The summed E-state index contributed by atoms with van der Waals surface area (Å²) in [5, 5.41) is 0.400. The molecule has 5 heteroatoms. The number of nitrogen functional groups attached to an aromatic ring is 1. The van der Waals surface area contributed by atoms with Crippen molar-refractivity contribution in [3.63, 3.8) is 0 Å². The molecule has 0 radical (unpaired) electrons. The molecule has 0 aliphatic carbocycles. The van der Waals surface area contributed by atoms with E-state index >= 15 is 0 Å². The smallest absolute Gasteiger partial charge is 0.167 e. The predicted molar refractivity (Wildman–Crippen MR) is 76.9 cm³/mol. The summed E-state index contributed by atoms with van der Waals surface area (Å²) in [5.41, 5.74) is 7.02. The number of carbonyl (C=O) groups excluding carboxylic acids is 1. The largest absolute Gasteiger partial charge is 0.494 e. The maximum absolute atomic E-state index is 13.5. The summed E-state index contributed by atoms with van der Waals surface area (Å²) in [5.74, 6) is -0.497. The first-order valence-electron chi connectivity index (χ1n) is 5.92. The molecule has 0 saturated heterocycles. The quantitative estimate of drug-likeness (QED) is 0.693. The molecule has 0 fully saturated rings. The second-order valence-electron chi connectivity index (χ2n) is 4.31. The third-order valence-corrected chi connectivity index (χ3v) is 3.24. The van der Waals surface area contributed by atoms with Crippen LogP contribution in [-0.4, -0.2) is 12.9 Å². The van der Waals surface area contributed by atoms with Gasteiger partial charge in [-0.1, -0.05) is 17.7 Å². The van der Waals surface area contributed by atoms with Gasteiger partial charge in [0.25, 0.3) is 0 Å². The van der Waals surface area contributed by atoms with Gasteiger partial charge < -0.3 is 10.5 Å². The van der Waals surface area contributed by atoms with Crippen molar-refractivity contribution in [2.75, 3.05) is 12.8 Å². The number of rotatable bonds is 4. The van der Waals surface area contributed by atoms with Crippen molar-refractivity contribution < 1.29 is 13.9 Å². The van der Waals surface area contributed by atoms with Crippen molar-refractivity contribution in [2.24, 2.45) is 0 Å². The number of halogens is 2. The summed E-state index contributed by atoms with van der Waals surface area (Å²) in [6, 6.07) is 9.12. The van der Waals surface area contributed by atoms with E-state index in [0.717, 1.165) is 0 Å². The number of carbonyl (C=O) groups is 1. The Labute approximate surface area is 121 Å². The standard InChI is InChI=1S/C15H13ClFNO2/c1-20-15-5-2-9(6-12(15)17)7-14(19)10-3-4-11(16)13(18)8-10/h2-6,8H,7,18H2,1H3. The fraction of sp³-hybridized carbons (Fsp3) is 0.133. The number of ether oxygens (including phenoxy) is 1. The van der Waals surface area contributed by atoms with Crippen LogP contribution in [0.2, 0.25) is 5.02 Å². The Morgan fingerprint density at radius 3 is 2.65 bits per heavy atom. The minimum atomic E-state index is -0.492. The molecule has 0 aromatic heterocycles. The Morgan fingerprint density at radius 2 is 2.05 bits per heavy atom. The van der Waals surface area contributed by atoms with Crippen molar-refractivity contribution in [1.82, 2.24) is 0 Å². The van der Waals surface area contributed by atoms with E-state index in [1.807, 2.05) is 0 Å². The first-order valence-corrected chi connectivity index (χ1v) is 6.29. The summed E-state index contributed by atoms with van der Waals surface area (Å²) in [4.78, 5) is 12.1. The van der Waals surface area contributed by atoms with Gasteiger partial charge in [0.1, 0.15) is 0 Å². The zero-order valence-electron chi connectivity index (χ0n) is 10.8. The third kappa shape index (κ3) is 3.08. The Bertz CT molecular complexity index is 658. The summed E-state index contributed by atoms with van der Waals surface area (Å²) < 4.78 is 18.4. The van der Waals surface area contributed by atoms with Gasteiger partial charge in [-0.25, -0.2) is 4.39 Å². The topological polar surface area (TPSA) is 52.3 Å². The van der Waals surface area contributed by atoms with Crippen molar-refractivity contribution >= 4 is 23.1 Å². The van der Waals surface area contributed by atoms with Crippen molar-refractivity contribution in [2.45, 2.75) is 6.42 Å². The van der Waals surface area contributed by atoms with Gasteiger partial charge in [0, 0.05) is 12.0 Å². The molecule has 0 saturated carbocycles. The Morgan fingerprint density at radius 1 is 1.30 bits per heavy atom. The molecule has 2 N–H and O–H groups in total. The average molecular weight is 294 g/mol. The fourth-order valence-electron chi connectivity index (χ4n) is 1.82. The lowest BCUT2D eigenvalue weighted by Gasteiger charge is -2.06. The maximum Gasteiger partial charge on any atom is 0.167 e. The molecule has 20 heavy (non-hydrogen) atoms. The van der Waals surface area contributed by atoms with Crippen molar-refractivity contribution in [3.8, 4) is 5.75 Å². The Balaban J connectivity index is 2.19. The number of Topliss-reactive ketones (excluding diaryl/α,β-unsaturated/α-hetero) is 1. The zero-order chi connectivity index (χ0) is 14.7. The highest BCUT2D eigenvalue weighted by Gasteiger charge is 2.11. The second kappa shape index (κ2) is 5.92. The fourth-order valence-corrected chi connectivity index (χ4v) is 1.94. The number of anilines is 1. The molecule has 0 unspecified atom stereocenters. The van der Waals surface area contributed by atoms with Crippen LogP contribution in [0.25, 0.3) is 0 Å². The molecule has 2 rings (SSSR count). The lowest BCUT2D eigenvalue weighted by Crippen LogP contribution is -2.05. The van der Waals surface area contributed by atoms with E-state index in [4.69, 9.17) is 22.1 Å². The van der Waals surface area contributed by atoms with Crippen LogP contribution in [0, 0.1) is 5.82 Å². The molecule has 2 aromatic rings. The molecule has 0 amide bonds. The number of hydrogen-bond acceptors (Lipinski definition) is 3. The van der Waals surface area contributed by atoms with E-state index in [-0.39, 0.29) is 18.0 Å². The van der Waals surface area contributed by atoms with Gasteiger partial charge >= 0.3 is 0 Å². The molecular weight excluding hydrogens is 281 g/mol. The number of hydrogen-bond donors (Lipinski definition) is 1. The van der Waals surface area contributed by atoms with E-state index in [9.17, 15) is 9.18 Å². The number of nitrogens with two attached hydrogens (primary N) is 1. The minimum absolute atomic E-state index is 0.0853. The van der Waals surface area contributed by atoms with Crippen LogP contribution in [0.15, 0.2) is 36.4 Å². The van der Waals surface area contributed by atoms with Gasteiger partial charge in [0.2, 0.25) is 0 Å². The van der Waals surface area contributed by atoms with Crippen LogP contribution in [0.3, 0.4) is 0 Å². The van der Waals surface area contributed by atoms with Crippen LogP contribution in [0.1, 0.15) is 15.9 Å². The third-order valence-electron chi connectivity index (χ3n) is 2.90. The molecule has 104 valence electrons. The molecule has 0 heterocycles. The van der Waals surface area contributed by atoms with Gasteiger partial charge in [-0.05, 0) is 35.9 Å². The van der Waals surface area contributed by atoms with Crippen LogP contribution in [-0.2, 0) is 6.42 Å². The highest BCUT2D eigenvalue weighted by Crippen LogP contribution is 2.22. The van der Waals surface area contributed by atoms with E-state index in [1.165, 1.54) is 25.3 Å². The Kier molecular flexibility index (Phi) is 4.25. The average Bonchev–Trinajstić information content (AvgIpc) is 2.42. The minimum Gasteiger partial charge on any atom is -0.494 e. The highest BCUT2D eigenvalue weighted by atomic mass is 35.5. The number of ketones is 1.